The summed E-state index contributed by atoms with van der Waals surface area (Å²) >= 11 is 1.68. The molecule has 0 unspecified atom stereocenters. The second-order valence-electron chi connectivity index (χ2n) is 5.01. The molecule has 1 aromatic heterocycles. The number of nitro benzene ring substituents is 1. The van der Waals surface area contributed by atoms with Crippen molar-refractivity contribution < 1.29 is 4.92 Å². The normalized spacial score (nSPS) is 13.7. The summed E-state index contributed by atoms with van der Waals surface area (Å²) in [5, 5.41) is 22.1. The minimum atomic E-state index is -0.488. The maximum Gasteiger partial charge on any atom is 0.289 e. The van der Waals surface area contributed by atoms with Crippen molar-refractivity contribution in [2.75, 3.05) is 4.90 Å². The van der Waals surface area contributed by atoms with Crippen LogP contribution in [0.1, 0.15) is 23.3 Å². The Bertz CT molecular complexity index is 702. The molecular formula is C15H13N3O2S. The van der Waals surface area contributed by atoms with Gasteiger partial charge in [0.25, 0.3) is 5.69 Å². The number of thiophene rings is 1. The zero-order chi connectivity index (χ0) is 14.8. The first kappa shape index (κ1) is 13.6. The molecule has 0 radical (unpaired) electrons. The van der Waals surface area contributed by atoms with Crippen LogP contribution >= 0.6 is 11.3 Å². The summed E-state index contributed by atoms with van der Waals surface area (Å²) in [5.41, 5.74) is 0.805. The molecule has 1 aliphatic rings. The van der Waals surface area contributed by atoms with Crippen LogP contribution in [0.4, 0.5) is 11.4 Å². The number of hydrogen-bond donors (Lipinski definition) is 0. The first-order chi connectivity index (χ1) is 10.2. The van der Waals surface area contributed by atoms with E-state index in [4.69, 9.17) is 5.26 Å². The van der Waals surface area contributed by atoms with E-state index < -0.39 is 4.92 Å². The van der Waals surface area contributed by atoms with Crippen LogP contribution in [-0.2, 0) is 6.54 Å². The third kappa shape index (κ3) is 2.88. The number of rotatable bonds is 5. The third-order valence-electron chi connectivity index (χ3n) is 3.52. The van der Waals surface area contributed by atoms with Gasteiger partial charge in [0.15, 0.2) is 0 Å². The standard InChI is InChI=1S/C15H13N3O2S/c16-9-11-3-4-13(8-15(11)18(19)20)17(12-5-6-12)10-14-2-1-7-21-14/h1-4,7-8,12H,5-6,10H2. The average Bonchev–Trinajstić information content (AvgIpc) is 3.20. The van der Waals surface area contributed by atoms with Crippen LogP contribution in [0.15, 0.2) is 35.7 Å². The van der Waals surface area contributed by atoms with E-state index in [1.165, 1.54) is 17.0 Å². The lowest BCUT2D eigenvalue weighted by Gasteiger charge is -2.24. The van der Waals surface area contributed by atoms with E-state index in [2.05, 4.69) is 11.0 Å². The minimum Gasteiger partial charge on any atom is -0.363 e. The Labute approximate surface area is 126 Å². The fraction of sp³-hybridized carbons (Fsp3) is 0.267. The fourth-order valence-corrected chi connectivity index (χ4v) is 3.03. The zero-order valence-electron chi connectivity index (χ0n) is 11.2. The van der Waals surface area contributed by atoms with Gasteiger partial charge in [-0.3, -0.25) is 10.1 Å². The van der Waals surface area contributed by atoms with Crippen molar-refractivity contribution >= 4 is 22.7 Å². The van der Waals surface area contributed by atoms with Gasteiger partial charge < -0.3 is 4.90 Å². The van der Waals surface area contributed by atoms with Gasteiger partial charge in [0.1, 0.15) is 11.6 Å². The smallest absolute Gasteiger partial charge is 0.289 e. The molecule has 0 spiro atoms. The number of nitrogens with zero attached hydrogens (tertiary/aromatic N) is 3. The predicted octanol–water partition coefficient (Wildman–Crippen LogP) is 3.70. The molecule has 0 N–H and O–H groups in total. The van der Waals surface area contributed by atoms with Crippen LogP contribution in [0, 0.1) is 21.4 Å². The average molecular weight is 299 g/mol. The molecule has 6 heteroatoms. The van der Waals surface area contributed by atoms with Crippen LogP contribution in [0.3, 0.4) is 0 Å². The van der Waals surface area contributed by atoms with Crippen molar-refractivity contribution in [3.63, 3.8) is 0 Å². The summed E-state index contributed by atoms with van der Waals surface area (Å²) in [6, 6.07) is 11.3. The Hall–Kier alpha value is -2.39. The Balaban J connectivity index is 1.94. The van der Waals surface area contributed by atoms with Crippen molar-refractivity contribution in [3.05, 3.63) is 56.3 Å². The molecule has 0 saturated heterocycles. The van der Waals surface area contributed by atoms with Crippen molar-refractivity contribution in [2.24, 2.45) is 0 Å². The Kier molecular flexibility index (Phi) is 3.59. The number of benzene rings is 1. The van der Waals surface area contributed by atoms with E-state index >= 15 is 0 Å². The molecular weight excluding hydrogens is 286 g/mol. The third-order valence-corrected chi connectivity index (χ3v) is 4.39. The van der Waals surface area contributed by atoms with E-state index in [-0.39, 0.29) is 11.3 Å². The molecule has 1 aromatic carbocycles. The molecule has 3 rings (SSSR count). The number of nitro groups is 1. The van der Waals surface area contributed by atoms with Crippen LogP contribution < -0.4 is 4.90 Å². The maximum absolute atomic E-state index is 11.1. The van der Waals surface area contributed by atoms with E-state index in [0.717, 1.165) is 25.1 Å². The van der Waals surface area contributed by atoms with Crippen LogP contribution in [0.2, 0.25) is 0 Å². The van der Waals surface area contributed by atoms with E-state index in [9.17, 15) is 10.1 Å². The molecule has 106 valence electrons. The quantitative estimate of drug-likeness (QED) is 0.623. The topological polar surface area (TPSA) is 70.2 Å². The van der Waals surface area contributed by atoms with Crippen molar-refractivity contribution in [1.82, 2.24) is 0 Å². The zero-order valence-corrected chi connectivity index (χ0v) is 12.0. The lowest BCUT2D eigenvalue weighted by molar-refractivity contribution is -0.385. The molecule has 0 bridgehead atoms. The summed E-state index contributed by atoms with van der Waals surface area (Å²) < 4.78 is 0. The molecule has 0 atom stereocenters. The van der Waals surface area contributed by atoms with E-state index in [0.29, 0.717) is 6.04 Å². The van der Waals surface area contributed by atoms with Gasteiger partial charge in [0.05, 0.1) is 11.5 Å². The summed E-state index contributed by atoms with van der Waals surface area (Å²) in [4.78, 5) is 14.0. The van der Waals surface area contributed by atoms with Crippen molar-refractivity contribution in [2.45, 2.75) is 25.4 Å². The van der Waals surface area contributed by atoms with Gasteiger partial charge in [0, 0.05) is 22.7 Å². The second-order valence-corrected chi connectivity index (χ2v) is 6.04. The van der Waals surface area contributed by atoms with E-state index in [1.54, 1.807) is 17.4 Å². The van der Waals surface area contributed by atoms with Crippen LogP contribution in [0.25, 0.3) is 0 Å². The van der Waals surface area contributed by atoms with E-state index in [1.807, 2.05) is 17.5 Å². The largest absolute Gasteiger partial charge is 0.363 e. The highest BCUT2D eigenvalue weighted by molar-refractivity contribution is 7.09. The molecule has 1 saturated carbocycles. The summed E-state index contributed by atoms with van der Waals surface area (Å²) in [5.74, 6) is 0. The lowest BCUT2D eigenvalue weighted by atomic mass is 10.1. The molecule has 1 heterocycles. The molecule has 1 fully saturated rings. The summed E-state index contributed by atoms with van der Waals surface area (Å²) in [7, 11) is 0. The number of hydrogen-bond acceptors (Lipinski definition) is 5. The summed E-state index contributed by atoms with van der Waals surface area (Å²) in [6.07, 6.45) is 2.22. The van der Waals surface area contributed by atoms with Gasteiger partial charge in [-0.2, -0.15) is 5.26 Å². The molecule has 5 nitrogen and oxygen atoms in total. The second kappa shape index (κ2) is 5.54. The SMILES string of the molecule is N#Cc1ccc(N(Cc2cccs2)C2CC2)cc1[N+](=O)[O-]. The highest BCUT2D eigenvalue weighted by atomic mass is 32.1. The molecule has 0 amide bonds. The highest BCUT2D eigenvalue weighted by Gasteiger charge is 2.30. The number of anilines is 1. The highest BCUT2D eigenvalue weighted by Crippen LogP contribution is 2.35. The molecule has 1 aliphatic carbocycles. The van der Waals surface area contributed by atoms with Gasteiger partial charge in [-0.25, -0.2) is 0 Å². The first-order valence-electron chi connectivity index (χ1n) is 6.66. The Morgan fingerprint density at radius 3 is 2.81 bits per heavy atom. The lowest BCUT2D eigenvalue weighted by Crippen LogP contribution is -2.24. The molecule has 0 aliphatic heterocycles. The van der Waals surface area contributed by atoms with Gasteiger partial charge in [0.2, 0.25) is 0 Å². The van der Waals surface area contributed by atoms with Gasteiger partial charge in [-0.05, 0) is 36.4 Å². The Morgan fingerprint density at radius 1 is 1.43 bits per heavy atom. The molecule has 21 heavy (non-hydrogen) atoms. The Morgan fingerprint density at radius 2 is 2.24 bits per heavy atom. The summed E-state index contributed by atoms with van der Waals surface area (Å²) in [6.45, 7) is 0.755. The monoisotopic (exact) mass is 299 g/mol. The fourth-order valence-electron chi connectivity index (χ4n) is 2.33. The van der Waals surface area contributed by atoms with Gasteiger partial charge in [-0.1, -0.05) is 6.07 Å². The molecule has 2 aromatic rings. The predicted molar refractivity (Wildman–Crippen MR) is 81.3 cm³/mol. The number of nitriles is 1. The van der Waals surface area contributed by atoms with Crippen molar-refractivity contribution in [1.29, 1.82) is 5.26 Å². The maximum atomic E-state index is 11.1. The van der Waals surface area contributed by atoms with Crippen LogP contribution in [-0.4, -0.2) is 11.0 Å². The van der Waals surface area contributed by atoms with Crippen LogP contribution in [0.5, 0.6) is 0 Å². The minimum absolute atomic E-state index is 0.107. The van der Waals surface area contributed by atoms with Gasteiger partial charge in [-0.15, -0.1) is 11.3 Å². The van der Waals surface area contributed by atoms with Crippen molar-refractivity contribution in [3.8, 4) is 6.07 Å². The first-order valence-corrected chi connectivity index (χ1v) is 7.54. The van der Waals surface area contributed by atoms with Gasteiger partial charge >= 0.3 is 0 Å².